The lowest BCUT2D eigenvalue weighted by atomic mass is 10.1. The molecule has 2 rings (SSSR count). The highest BCUT2D eigenvalue weighted by Gasteiger charge is 2.21. The van der Waals surface area contributed by atoms with Crippen LogP contribution in [-0.4, -0.2) is 24.1 Å². The molecule has 5 nitrogen and oxygen atoms in total. The van der Waals surface area contributed by atoms with Crippen molar-refractivity contribution in [2.24, 2.45) is 0 Å². The Labute approximate surface area is 104 Å². The van der Waals surface area contributed by atoms with Gasteiger partial charge >= 0.3 is 0 Å². The summed E-state index contributed by atoms with van der Waals surface area (Å²) in [5.74, 6) is 1.12. The SMILES string of the molecule is CNC(c1ccc(Cl)o1)c1nccnc1OC. The van der Waals surface area contributed by atoms with E-state index in [9.17, 15) is 0 Å². The van der Waals surface area contributed by atoms with Crippen LogP contribution in [0.15, 0.2) is 28.9 Å². The summed E-state index contributed by atoms with van der Waals surface area (Å²) in [5.41, 5.74) is 0.656. The third-order valence-electron chi connectivity index (χ3n) is 2.33. The second-order valence-corrected chi connectivity index (χ2v) is 3.69. The molecule has 0 aliphatic carbocycles. The van der Waals surface area contributed by atoms with Crippen molar-refractivity contribution in [3.05, 3.63) is 41.2 Å². The van der Waals surface area contributed by atoms with Gasteiger partial charge < -0.3 is 14.5 Å². The Morgan fingerprint density at radius 3 is 2.71 bits per heavy atom. The van der Waals surface area contributed by atoms with Crippen molar-refractivity contribution in [2.75, 3.05) is 14.2 Å². The highest BCUT2D eigenvalue weighted by atomic mass is 35.5. The van der Waals surface area contributed by atoms with Crippen LogP contribution in [0.5, 0.6) is 5.88 Å². The van der Waals surface area contributed by atoms with Crippen LogP contribution in [0.4, 0.5) is 0 Å². The molecule has 1 atom stereocenters. The van der Waals surface area contributed by atoms with Gasteiger partial charge in [0, 0.05) is 12.4 Å². The number of aromatic nitrogens is 2. The standard InChI is InChI=1S/C11H12ClN3O2/c1-13-9(7-3-4-8(12)17-7)10-11(16-2)15-6-5-14-10/h3-6,9,13H,1-2H3. The van der Waals surface area contributed by atoms with E-state index in [0.29, 0.717) is 22.6 Å². The fourth-order valence-electron chi connectivity index (χ4n) is 1.59. The Balaban J connectivity index is 2.41. The summed E-state index contributed by atoms with van der Waals surface area (Å²) in [6, 6.07) is 3.23. The van der Waals surface area contributed by atoms with Crippen molar-refractivity contribution in [1.82, 2.24) is 15.3 Å². The predicted molar refractivity (Wildman–Crippen MR) is 63.2 cm³/mol. The highest BCUT2D eigenvalue weighted by molar-refractivity contribution is 6.28. The second-order valence-electron chi connectivity index (χ2n) is 3.31. The molecule has 0 bridgehead atoms. The Bertz CT molecular complexity index is 501. The fraction of sp³-hybridized carbons (Fsp3) is 0.273. The third-order valence-corrected chi connectivity index (χ3v) is 2.53. The molecule has 1 N–H and O–H groups in total. The molecule has 2 aromatic rings. The first-order valence-corrected chi connectivity index (χ1v) is 5.41. The first-order chi connectivity index (χ1) is 8.26. The van der Waals surface area contributed by atoms with Gasteiger partial charge in [0.25, 0.3) is 0 Å². The molecule has 17 heavy (non-hydrogen) atoms. The lowest BCUT2D eigenvalue weighted by Crippen LogP contribution is -2.19. The largest absolute Gasteiger partial charge is 0.480 e. The number of nitrogens with zero attached hydrogens (tertiary/aromatic N) is 2. The van der Waals surface area contributed by atoms with Crippen molar-refractivity contribution in [1.29, 1.82) is 0 Å². The van der Waals surface area contributed by atoms with E-state index >= 15 is 0 Å². The zero-order chi connectivity index (χ0) is 12.3. The molecular weight excluding hydrogens is 242 g/mol. The molecule has 1 unspecified atom stereocenters. The van der Waals surface area contributed by atoms with Crippen molar-refractivity contribution < 1.29 is 9.15 Å². The van der Waals surface area contributed by atoms with Crippen molar-refractivity contribution in [3.63, 3.8) is 0 Å². The number of nitrogens with one attached hydrogen (secondary N) is 1. The first kappa shape index (κ1) is 11.9. The Morgan fingerprint density at radius 1 is 1.35 bits per heavy atom. The van der Waals surface area contributed by atoms with Gasteiger partial charge in [-0.15, -0.1) is 0 Å². The molecule has 0 radical (unpaired) electrons. The van der Waals surface area contributed by atoms with Crippen LogP contribution in [0.25, 0.3) is 0 Å². The van der Waals surface area contributed by atoms with Gasteiger partial charge in [-0.25, -0.2) is 4.98 Å². The van der Waals surface area contributed by atoms with E-state index < -0.39 is 0 Å². The number of rotatable bonds is 4. The van der Waals surface area contributed by atoms with Gasteiger partial charge in [-0.3, -0.25) is 4.98 Å². The molecule has 6 heteroatoms. The maximum absolute atomic E-state index is 5.76. The molecule has 2 heterocycles. The minimum absolute atomic E-state index is 0.244. The minimum Gasteiger partial charge on any atom is -0.480 e. The van der Waals surface area contributed by atoms with E-state index in [0.717, 1.165) is 0 Å². The van der Waals surface area contributed by atoms with E-state index in [-0.39, 0.29) is 6.04 Å². The zero-order valence-electron chi connectivity index (χ0n) is 9.48. The summed E-state index contributed by atoms with van der Waals surface area (Å²) in [5, 5.41) is 3.42. The van der Waals surface area contributed by atoms with Crippen LogP contribution in [0, 0.1) is 0 Å². The maximum Gasteiger partial charge on any atom is 0.237 e. The third kappa shape index (κ3) is 2.40. The Kier molecular flexibility index (Phi) is 3.61. The van der Waals surface area contributed by atoms with Gasteiger partial charge in [-0.1, -0.05) is 0 Å². The summed E-state index contributed by atoms with van der Waals surface area (Å²) < 4.78 is 10.5. The highest BCUT2D eigenvalue weighted by Crippen LogP contribution is 2.28. The molecule has 0 saturated carbocycles. The molecule has 0 aliphatic rings. The predicted octanol–water partition coefficient (Wildman–Crippen LogP) is 2.04. The number of halogens is 1. The number of methoxy groups -OCH3 is 1. The average Bonchev–Trinajstić information content (AvgIpc) is 2.77. The Morgan fingerprint density at radius 2 is 2.12 bits per heavy atom. The van der Waals surface area contributed by atoms with Gasteiger partial charge in [0.1, 0.15) is 17.5 Å². The second kappa shape index (κ2) is 5.16. The lowest BCUT2D eigenvalue weighted by Gasteiger charge is -2.14. The normalized spacial score (nSPS) is 12.4. The van der Waals surface area contributed by atoms with Crippen molar-refractivity contribution >= 4 is 11.6 Å². The van der Waals surface area contributed by atoms with E-state index in [1.165, 1.54) is 0 Å². The topological polar surface area (TPSA) is 60.2 Å². The van der Waals surface area contributed by atoms with Crippen LogP contribution in [0.2, 0.25) is 5.22 Å². The van der Waals surface area contributed by atoms with Gasteiger partial charge in [-0.2, -0.15) is 0 Å². The lowest BCUT2D eigenvalue weighted by molar-refractivity contribution is 0.376. The van der Waals surface area contributed by atoms with Crippen molar-refractivity contribution in [3.8, 4) is 5.88 Å². The van der Waals surface area contributed by atoms with E-state index in [4.69, 9.17) is 20.8 Å². The van der Waals surface area contributed by atoms with Crippen molar-refractivity contribution in [2.45, 2.75) is 6.04 Å². The minimum atomic E-state index is -0.244. The number of hydrogen-bond donors (Lipinski definition) is 1. The van der Waals surface area contributed by atoms with E-state index in [1.807, 2.05) is 0 Å². The molecule has 90 valence electrons. The summed E-state index contributed by atoms with van der Waals surface area (Å²) in [6.45, 7) is 0. The van der Waals surface area contributed by atoms with Gasteiger partial charge in [0.05, 0.1) is 7.11 Å². The Hall–Kier alpha value is -1.59. The van der Waals surface area contributed by atoms with Crippen LogP contribution in [0.1, 0.15) is 17.5 Å². The van der Waals surface area contributed by atoms with E-state index in [2.05, 4.69) is 15.3 Å². The monoisotopic (exact) mass is 253 g/mol. The molecule has 0 fully saturated rings. The quantitative estimate of drug-likeness (QED) is 0.904. The van der Waals surface area contributed by atoms with Crippen LogP contribution in [0.3, 0.4) is 0 Å². The summed E-state index contributed by atoms with van der Waals surface area (Å²) in [7, 11) is 3.35. The van der Waals surface area contributed by atoms with Crippen LogP contribution < -0.4 is 10.1 Å². The summed E-state index contributed by atoms with van der Waals surface area (Å²) >= 11 is 5.76. The van der Waals surface area contributed by atoms with Crippen LogP contribution >= 0.6 is 11.6 Å². The molecule has 0 aromatic carbocycles. The van der Waals surface area contributed by atoms with Gasteiger partial charge in [0.15, 0.2) is 5.22 Å². The molecule has 2 aromatic heterocycles. The smallest absolute Gasteiger partial charge is 0.237 e. The summed E-state index contributed by atoms with van der Waals surface area (Å²) in [6.07, 6.45) is 3.18. The molecule has 0 amide bonds. The maximum atomic E-state index is 5.76. The number of ether oxygens (including phenoxy) is 1. The average molecular weight is 254 g/mol. The molecule has 0 saturated heterocycles. The molecule has 0 aliphatic heterocycles. The molecule has 0 spiro atoms. The van der Waals surface area contributed by atoms with E-state index in [1.54, 1.807) is 38.7 Å². The zero-order valence-corrected chi connectivity index (χ0v) is 10.2. The van der Waals surface area contributed by atoms with Gasteiger partial charge in [-0.05, 0) is 30.8 Å². The number of hydrogen-bond acceptors (Lipinski definition) is 5. The first-order valence-electron chi connectivity index (χ1n) is 5.03. The summed E-state index contributed by atoms with van der Waals surface area (Å²) in [4.78, 5) is 8.35. The van der Waals surface area contributed by atoms with Gasteiger partial charge in [0.2, 0.25) is 5.88 Å². The fourth-order valence-corrected chi connectivity index (χ4v) is 1.74. The number of furan rings is 1. The molecular formula is C11H12ClN3O2. The van der Waals surface area contributed by atoms with Crippen LogP contribution in [-0.2, 0) is 0 Å².